The van der Waals surface area contributed by atoms with Crippen molar-refractivity contribution in [2.75, 3.05) is 25.0 Å². The first-order chi connectivity index (χ1) is 12.0. The molecule has 2 amide bonds. The molecule has 3 rings (SSSR count). The van der Waals surface area contributed by atoms with Crippen LogP contribution in [0.4, 0.5) is 5.69 Å². The third-order valence-corrected chi connectivity index (χ3v) is 5.49. The number of nitrogens with one attached hydrogen (secondary N) is 1. The molecule has 1 aromatic rings. The van der Waals surface area contributed by atoms with E-state index in [1.54, 1.807) is 6.92 Å². The lowest BCUT2D eigenvalue weighted by Gasteiger charge is -2.23. The lowest BCUT2D eigenvalue weighted by Crippen LogP contribution is -2.30. The summed E-state index contributed by atoms with van der Waals surface area (Å²) in [5.74, 6) is -0.909. The quantitative estimate of drug-likeness (QED) is 0.762. The normalized spacial score (nSPS) is 20.2. The first-order valence-corrected chi connectivity index (χ1v) is 9.25. The average molecular weight is 342 g/mol. The van der Waals surface area contributed by atoms with E-state index < -0.39 is 0 Å². The van der Waals surface area contributed by atoms with Crippen molar-refractivity contribution in [2.24, 2.45) is 11.7 Å². The van der Waals surface area contributed by atoms with Gasteiger partial charge in [0.25, 0.3) is 0 Å². The summed E-state index contributed by atoms with van der Waals surface area (Å²) < 4.78 is 0. The largest absolute Gasteiger partial charge is 0.369 e. The van der Waals surface area contributed by atoms with Crippen LogP contribution in [0.2, 0.25) is 0 Å². The van der Waals surface area contributed by atoms with Gasteiger partial charge in [-0.05, 0) is 62.9 Å². The Balaban J connectivity index is 1.52. The Morgan fingerprint density at radius 3 is 2.44 bits per heavy atom. The minimum atomic E-state index is -0.388. The number of carbonyl (C=O) groups is 2. The van der Waals surface area contributed by atoms with Crippen LogP contribution in [0.1, 0.15) is 44.6 Å². The van der Waals surface area contributed by atoms with Crippen molar-refractivity contribution in [3.63, 3.8) is 0 Å². The third kappa shape index (κ3) is 4.60. The molecule has 1 radical (unpaired) electrons. The van der Waals surface area contributed by atoms with Crippen molar-refractivity contribution in [1.82, 2.24) is 4.90 Å². The zero-order chi connectivity index (χ0) is 17.9. The molecular formula is C20H28N3O2. The second-order valence-electron chi connectivity index (χ2n) is 7.57. The Bertz CT molecular complexity index is 616. The summed E-state index contributed by atoms with van der Waals surface area (Å²) >= 11 is 0. The number of nitrogens with zero attached hydrogens (tertiary/aromatic N) is 1. The van der Waals surface area contributed by atoms with E-state index in [1.165, 1.54) is 50.8 Å². The van der Waals surface area contributed by atoms with Crippen LogP contribution < -0.4 is 11.1 Å². The number of hydrogen-bond donors (Lipinski definition) is 2. The van der Waals surface area contributed by atoms with Crippen LogP contribution in [-0.4, -0.2) is 36.3 Å². The Morgan fingerprint density at radius 2 is 1.88 bits per heavy atom. The van der Waals surface area contributed by atoms with E-state index in [2.05, 4.69) is 22.3 Å². The lowest BCUT2D eigenvalue weighted by molar-refractivity contribution is -0.121. The summed E-state index contributed by atoms with van der Waals surface area (Å²) in [6.45, 7) is 5.35. The summed E-state index contributed by atoms with van der Waals surface area (Å²) in [5, 5.41) is 2.85. The molecule has 1 heterocycles. The molecule has 25 heavy (non-hydrogen) atoms. The Morgan fingerprint density at radius 1 is 1.24 bits per heavy atom. The fourth-order valence-corrected chi connectivity index (χ4v) is 3.56. The first kappa shape index (κ1) is 17.9. The molecule has 2 aliphatic rings. The molecule has 0 bridgehead atoms. The van der Waals surface area contributed by atoms with Gasteiger partial charge in [-0.1, -0.05) is 19.1 Å². The van der Waals surface area contributed by atoms with Crippen LogP contribution in [0.3, 0.4) is 0 Å². The number of hydrogen-bond acceptors (Lipinski definition) is 3. The van der Waals surface area contributed by atoms with E-state index in [0.29, 0.717) is 11.8 Å². The molecule has 1 aromatic carbocycles. The summed E-state index contributed by atoms with van der Waals surface area (Å²) in [6, 6.07) is 8.24. The number of amides is 2. The minimum Gasteiger partial charge on any atom is -0.369 e. The summed E-state index contributed by atoms with van der Waals surface area (Å²) in [6.07, 6.45) is 7.01. The predicted octanol–water partition coefficient (Wildman–Crippen LogP) is 2.47. The lowest BCUT2D eigenvalue weighted by atomic mass is 9.95. The molecule has 1 aliphatic heterocycles. The zero-order valence-electron chi connectivity index (χ0n) is 15.0. The SMILES string of the molecule is CC(C[CH]C(=O)Nc1ccc(C2(CN3CCCC3)CC2)cc1)C(N)=O. The van der Waals surface area contributed by atoms with Crippen molar-refractivity contribution < 1.29 is 9.59 Å². The molecule has 5 heteroatoms. The number of carbonyl (C=O) groups excluding carboxylic acids is 2. The molecule has 135 valence electrons. The standard InChI is InChI=1S/C20H28N3O2/c1-15(19(21)25)4-9-18(24)22-17-7-5-16(6-8-17)20(10-11-20)14-23-12-2-3-13-23/h5-9,15H,2-4,10-14H2,1H3,(H2,21,25)(H,22,24). The second kappa shape index (κ2) is 7.56. The Hall–Kier alpha value is -1.88. The van der Waals surface area contributed by atoms with Gasteiger partial charge in [-0.2, -0.15) is 0 Å². The highest BCUT2D eigenvalue weighted by Crippen LogP contribution is 2.49. The summed E-state index contributed by atoms with van der Waals surface area (Å²) in [4.78, 5) is 25.5. The van der Waals surface area contributed by atoms with Crippen molar-refractivity contribution in [1.29, 1.82) is 0 Å². The molecule has 2 fully saturated rings. The van der Waals surface area contributed by atoms with Gasteiger partial charge in [0.1, 0.15) is 0 Å². The topological polar surface area (TPSA) is 75.4 Å². The molecule has 0 aromatic heterocycles. The molecule has 0 spiro atoms. The smallest absolute Gasteiger partial charge is 0.228 e. The maximum absolute atomic E-state index is 11.9. The van der Waals surface area contributed by atoms with Crippen molar-refractivity contribution >= 4 is 17.5 Å². The van der Waals surface area contributed by atoms with E-state index in [0.717, 1.165) is 12.2 Å². The molecule has 3 N–H and O–H groups in total. The second-order valence-corrected chi connectivity index (χ2v) is 7.57. The van der Waals surface area contributed by atoms with Gasteiger partial charge in [0, 0.05) is 23.6 Å². The van der Waals surface area contributed by atoms with Gasteiger partial charge in [0.2, 0.25) is 11.8 Å². The molecule has 1 saturated heterocycles. The van der Waals surface area contributed by atoms with Crippen LogP contribution in [0, 0.1) is 12.3 Å². The fraction of sp³-hybridized carbons (Fsp3) is 0.550. The Kier molecular flexibility index (Phi) is 5.42. The van der Waals surface area contributed by atoms with Crippen molar-refractivity contribution in [2.45, 2.75) is 44.4 Å². The van der Waals surface area contributed by atoms with Crippen LogP contribution in [0.5, 0.6) is 0 Å². The maximum atomic E-state index is 11.9. The zero-order valence-corrected chi connectivity index (χ0v) is 15.0. The minimum absolute atomic E-state index is 0.195. The fourth-order valence-electron chi connectivity index (χ4n) is 3.56. The Labute approximate surface area is 150 Å². The summed E-state index contributed by atoms with van der Waals surface area (Å²) in [7, 11) is 0. The van der Waals surface area contributed by atoms with Gasteiger partial charge in [0.05, 0.1) is 6.42 Å². The van der Waals surface area contributed by atoms with Gasteiger partial charge in [-0.25, -0.2) is 0 Å². The van der Waals surface area contributed by atoms with Gasteiger partial charge in [0.15, 0.2) is 0 Å². The van der Waals surface area contributed by atoms with E-state index in [-0.39, 0.29) is 17.7 Å². The van der Waals surface area contributed by atoms with Gasteiger partial charge >= 0.3 is 0 Å². The van der Waals surface area contributed by atoms with E-state index in [1.807, 2.05) is 12.1 Å². The molecule has 1 unspecified atom stereocenters. The summed E-state index contributed by atoms with van der Waals surface area (Å²) in [5.41, 5.74) is 7.70. The number of rotatable bonds is 8. The highest BCUT2D eigenvalue weighted by atomic mass is 16.2. The number of nitrogens with two attached hydrogens (primary N) is 1. The predicted molar refractivity (Wildman–Crippen MR) is 98.9 cm³/mol. The molecule has 1 atom stereocenters. The van der Waals surface area contributed by atoms with E-state index in [9.17, 15) is 9.59 Å². The molecular weight excluding hydrogens is 314 g/mol. The van der Waals surface area contributed by atoms with Crippen molar-refractivity contribution in [3.8, 4) is 0 Å². The molecule has 1 saturated carbocycles. The van der Waals surface area contributed by atoms with Crippen LogP contribution in [-0.2, 0) is 15.0 Å². The van der Waals surface area contributed by atoms with Gasteiger partial charge in [-0.3, -0.25) is 9.59 Å². The van der Waals surface area contributed by atoms with E-state index in [4.69, 9.17) is 5.73 Å². The van der Waals surface area contributed by atoms with Crippen molar-refractivity contribution in [3.05, 3.63) is 36.2 Å². The number of benzene rings is 1. The number of anilines is 1. The van der Waals surface area contributed by atoms with Gasteiger partial charge < -0.3 is 16.0 Å². The highest BCUT2D eigenvalue weighted by Gasteiger charge is 2.45. The third-order valence-electron chi connectivity index (χ3n) is 5.49. The monoisotopic (exact) mass is 342 g/mol. The highest BCUT2D eigenvalue weighted by molar-refractivity contribution is 5.97. The molecule has 1 aliphatic carbocycles. The van der Waals surface area contributed by atoms with Gasteiger partial charge in [-0.15, -0.1) is 0 Å². The van der Waals surface area contributed by atoms with Crippen LogP contribution in [0.25, 0.3) is 0 Å². The maximum Gasteiger partial charge on any atom is 0.228 e. The molecule has 5 nitrogen and oxygen atoms in total. The van der Waals surface area contributed by atoms with E-state index >= 15 is 0 Å². The first-order valence-electron chi connectivity index (χ1n) is 9.25. The van der Waals surface area contributed by atoms with Crippen LogP contribution in [0.15, 0.2) is 24.3 Å². The van der Waals surface area contributed by atoms with Crippen LogP contribution >= 0.6 is 0 Å². The number of likely N-dealkylation sites (tertiary alicyclic amines) is 1. The number of primary amides is 1. The average Bonchev–Trinajstić information content (AvgIpc) is 3.19.